The first-order valence-electron chi connectivity index (χ1n) is 19.4. The van der Waals surface area contributed by atoms with Gasteiger partial charge >= 0.3 is 17.2 Å². The fraction of sp³-hybridized carbons (Fsp3) is 0.375. The molecule has 0 saturated heterocycles. The van der Waals surface area contributed by atoms with E-state index in [1.807, 2.05) is 84.9 Å². The Morgan fingerprint density at radius 2 is 0.804 bits per heavy atom. The third kappa shape index (κ3) is 8.98. The Labute approximate surface area is 337 Å². The summed E-state index contributed by atoms with van der Waals surface area (Å²) in [7, 11) is -3.84. The third-order valence-electron chi connectivity index (χ3n) is 9.93. The van der Waals surface area contributed by atoms with E-state index in [4.69, 9.17) is 27.1 Å². The fourth-order valence-electron chi connectivity index (χ4n) is 7.14. The predicted molar refractivity (Wildman–Crippen MR) is 233 cm³/mol. The van der Waals surface area contributed by atoms with Gasteiger partial charge in [0.2, 0.25) is 0 Å². The predicted octanol–water partition coefficient (Wildman–Crippen LogP) is 15.0. The van der Waals surface area contributed by atoms with Gasteiger partial charge in [0, 0.05) is 22.3 Å². The average Bonchev–Trinajstić information content (AvgIpc) is 3.50. The molecule has 1 aliphatic heterocycles. The van der Waals surface area contributed by atoms with Crippen LogP contribution < -0.4 is 27.1 Å². The van der Waals surface area contributed by atoms with Crippen molar-refractivity contribution in [3.05, 3.63) is 130 Å². The van der Waals surface area contributed by atoms with Crippen molar-refractivity contribution >= 4 is 17.2 Å². The van der Waals surface area contributed by atoms with Crippen LogP contribution in [-0.4, -0.2) is 0 Å². The molecule has 0 aromatic heterocycles. The van der Waals surface area contributed by atoms with Gasteiger partial charge in [-0.3, -0.25) is 0 Å². The van der Waals surface area contributed by atoms with Gasteiger partial charge in [0.05, 0.1) is 0 Å². The molecule has 0 N–H and O–H groups in total. The topological polar surface area (TPSA) is 55.4 Å². The van der Waals surface area contributed by atoms with Crippen molar-refractivity contribution in [1.29, 1.82) is 0 Å². The molecule has 0 saturated carbocycles. The second-order valence-corrected chi connectivity index (χ2v) is 20.7. The van der Waals surface area contributed by atoms with Crippen molar-refractivity contribution in [2.75, 3.05) is 0 Å². The van der Waals surface area contributed by atoms with Crippen LogP contribution in [0.4, 0.5) is 0 Å². The van der Waals surface area contributed by atoms with Crippen molar-refractivity contribution in [1.82, 2.24) is 0 Å². The smallest absolute Gasteiger partial charge is 0.409 e. The zero-order valence-corrected chi connectivity index (χ0v) is 37.4. The van der Waals surface area contributed by atoms with E-state index in [1.165, 1.54) is 11.1 Å². The van der Waals surface area contributed by atoms with E-state index in [0.29, 0.717) is 28.7 Å². The summed E-state index contributed by atoms with van der Waals surface area (Å²) in [5, 5.41) is 0. The van der Waals surface area contributed by atoms with Crippen LogP contribution >= 0.6 is 17.2 Å². The molecule has 0 amide bonds. The zero-order chi connectivity index (χ0) is 40.8. The van der Waals surface area contributed by atoms with Gasteiger partial charge in [-0.05, 0) is 94.2 Å². The summed E-state index contributed by atoms with van der Waals surface area (Å²) in [6, 6.07) is 31.8. The van der Waals surface area contributed by atoms with E-state index in [0.717, 1.165) is 39.1 Å². The first kappa shape index (κ1) is 41.4. The maximum Gasteiger partial charge on any atom is 0.530 e. The standard InChI is InChI=1S/C48H58O6P2/c1-31-35(45(3,4)5)29-37(47(9,10)11)43(53-55(49-33-23-17-15-18-24-33)50-34-25-19-16-20-26-34)41(31)42-32(2)36(46(6,7)8)30-38(48(12,13)14)44(42)54-56-51-39-27-21-22-28-40(39)52-56/h15-30H,1-14H3. The summed E-state index contributed by atoms with van der Waals surface area (Å²) in [5.41, 5.74) is 7.58. The minimum atomic E-state index is -2.02. The van der Waals surface area contributed by atoms with E-state index in [1.54, 1.807) is 0 Å². The molecule has 6 nitrogen and oxygen atoms in total. The van der Waals surface area contributed by atoms with Crippen molar-refractivity contribution < 1.29 is 27.1 Å². The molecule has 0 unspecified atom stereocenters. The van der Waals surface area contributed by atoms with Crippen LogP contribution in [0.25, 0.3) is 11.1 Å². The molecular weight excluding hydrogens is 734 g/mol. The van der Waals surface area contributed by atoms with Gasteiger partial charge in [-0.2, -0.15) is 0 Å². The first-order valence-corrected chi connectivity index (χ1v) is 21.6. The lowest BCUT2D eigenvalue weighted by atomic mass is 9.72. The largest absolute Gasteiger partial charge is 0.530 e. The molecule has 296 valence electrons. The fourth-order valence-corrected chi connectivity index (χ4v) is 9.25. The van der Waals surface area contributed by atoms with Gasteiger partial charge in [-0.1, -0.05) is 144 Å². The minimum Gasteiger partial charge on any atom is -0.409 e. The van der Waals surface area contributed by atoms with E-state index < -0.39 is 17.2 Å². The molecule has 56 heavy (non-hydrogen) atoms. The van der Waals surface area contributed by atoms with Crippen molar-refractivity contribution in [3.8, 4) is 45.6 Å². The van der Waals surface area contributed by atoms with Crippen LogP contribution in [-0.2, 0) is 21.7 Å². The Morgan fingerprint density at radius 1 is 0.446 bits per heavy atom. The number of para-hydroxylation sites is 4. The Hall–Kier alpha value is -4.24. The number of hydrogen-bond acceptors (Lipinski definition) is 6. The van der Waals surface area contributed by atoms with E-state index in [9.17, 15) is 0 Å². The van der Waals surface area contributed by atoms with E-state index in [-0.39, 0.29) is 21.7 Å². The van der Waals surface area contributed by atoms with Crippen molar-refractivity contribution in [2.45, 2.75) is 119 Å². The number of rotatable bonds is 9. The summed E-state index contributed by atoms with van der Waals surface area (Å²) < 4.78 is 40.4. The molecule has 0 fully saturated rings. The number of fused-ring (bicyclic) bond motifs is 1. The highest BCUT2D eigenvalue weighted by atomic mass is 31.2. The Bertz CT molecular complexity index is 2110. The maximum absolute atomic E-state index is 7.30. The second kappa shape index (κ2) is 15.6. The molecule has 6 rings (SSSR count). The van der Waals surface area contributed by atoms with Gasteiger partial charge in [-0.15, -0.1) is 0 Å². The molecule has 1 heterocycles. The highest BCUT2D eigenvalue weighted by molar-refractivity contribution is 7.43. The van der Waals surface area contributed by atoms with E-state index in [2.05, 4.69) is 109 Å². The highest BCUT2D eigenvalue weighted by Crippen LogP contribution is 2.59. The van der Waals surface area contributed by atoms with Crippen LogP contribution in [0.15, 0.2) is 97.1 Å². The van der Waals surface area contributed by atoms with Gasteiger partial charge < -0.3 is 27.1 Å². The Balaban J connectivity index is 1.70. The number of benzene rings is 5. The summed E-state index contributed by atoms with van der Waals surface area (Å²) >= 11 is 0. The van der Waals surface area contributed by atoms with Crippen LogP contribution in [0, 0.1) is 13.8 Å². The zero-order valence-electron chi connectivity index (χ0n) is 35.6. The van der Waals surface area contributed by atoms with Crippen LogP contribution in [0.3, 0.4) is 0 Å². The third-order valence-corrected chi connectivity index (χ3v) is 12.0. The van der Waals surface area contributed by atoms with Gasteiger partial charge in [0.25, 0.3) is 0 Å². The first-order chi connectivity index (χ1) is 26.1. The summed E-state index contributed by atoms with van der Waals surface area (Å²) in [4.78, 5) is 0. The quantitative estimate of drug-likeness (QED) is 0.139. The minimum absolute atomic E-state index is 0.192. The molecule has 0 aliphatic carbocycles. The summed E-state index contributed by atoms with van der Waals surface area (Å²) in [6.07, 6.45) is 0. The van der Waals surface area contributed by atoms with Crippen molar-refractivity contribution in [3.63, 3.8) is 0 Å². The maximum atomic E-state index is 7.30. The van der Waals surface area contributed by atoms with Crippen LogP contribution in [0.1, 0.15) is 116 Å². The summed E-state index contributed by atoms with van der Waals surface area (Å²) in [5.74, 6) is 4.07. The lowest BCUT2D eigenvalue weighted by molar-refractivity contribution is 0.382. The van der Waals surface area contributed by atoms with Crippen LogP contribution in [0.5, 0.6) is 34.5 Å². The molecule has 0 spiro atoms. The van der Waals surface area contributed by atoms with E-state index >= 15 is 0 Å². The second-order valence-electron chi connectivity index (χ2n) is 18.7. The lowest BCUT2D eigenvalue weighted by Crippen LogP contribution is -2.22. The normalized spacial score (nSPS) is 13.6. The summed E-state index contributed by atoms with van der Waals surface area (Å²) in [6.45, 7) is 31.4. The molecule has 1 aliphatic rings. The van der Waals surface area contributed by atoms with Gasteiger partial charge in [0.15, 0.2) is 11.5 Å². The molecular formula is C48H58O6P2. The molecule has 0 bridgehead atoms. The number of hydrogen-bond donors (Lipinski definition) is 0. The van der Waals surface area contributed by atoms with Crippen molar-refractivity contribution in [2.24, 2.45) is 0 Å². The molecule has 0 atom stereocenters. The van der Waals surface area contributed by atoms with Gasteiger partial charge in [-0.25, -0.2) is 0 Å². The Kier molecular flexibility index (Phi) is 11.5. The molecule has 0 radical (unpaired) electrons. The highest BCUT2D eigenvalue weighted by Gasteiger charge is 2.39. The average molecular weight is 793 g/mol. The molecule has 8 heteroatoms. The molecule has 5 aromatic rings. The van der Waals surface area contributed by atoms with Crippen LogP contribution in [0.2, 0.25) is 0 Å². The lowest BCUT2D eigenvalue weighted by Gasteiger charge is -2.35. The van der Waals surface area contributed by atoms with Gasteiger partial charge in [0.1, 0.15) is 23.0 Å². The SMILES string of the molecule is Cc1c(C(C)(C)C)cc(C(C)(C)C)c(OP(Oc2ccccc2)Oc2ccccc2)c1-c1c(C)c(C(C)(C)C)cc(C(C)(C)C)c1OP1Oc2ccccc2O1. The monoisotopic (exact) mass is 792 g/mol. The molecule has 5 aromatic carbocycles. The Morgan fingerprint density at radius 3 is 1.20 bits per heavy atom.